The van der Waals surface area contributed by atoms with E-state index in [2.05, 4.69) is 12.2 Å². The third-order valence-electron chi connectivity index (χ3n) is 3.80. The first-order chi connectivity index (χ1) is 7.22. The van der Waals surface area contributed by atoms with Gasteiger partial charge in [-0.2, -0.15) is 0 Å². The average molecular weight is 211 g/mol. The van der Waals surface area contributed by atoms with E-state index < -0.39 is 0 Å². The maximum absolute atomic E-state index is 11.6. The van der Waals surface area contributed by atoms with Crippen molar-refractivity contribution in [2.24, 2.45) is 11.8 Å². The van der Waals surface area contributed by atoms with Gasteiger partial charge in [0.15, 0.2) is 0 Å². The molecule has 2 aliphatic carbocycles. The summed E-state index contributed by atoms with van der Waals surface area (Å²) in [5.74, 6) is 1.16. The number of methoxy groups -OCH3 is 1. The molecule has 0 spiro atoms. The molecule has 3 nitrogen and oxygen atoms in total. The Kier molecular flexibility index (Phi) is 3.29. The number of hydrogen-bond donors (Lipinski definition) is 1. The fourth-order valence-corrected chi connectivity index (χ4v) is 2.58. The normalized spacial score (nSPS) is 32.7. The van der Waals surface area contributed by atoms with Crippen LogP contribution in [0, 0.1) is 11.8 Å². The van der Waals surface area contributed by atoms with E-state index in [4.69, 9.17) is 4.74 Å². The molecule has 15 heavy (non-hydrogen) atoms. The molecule has 1 N–H and O–H groups in total. The van der Waals surface area contributed by atoms with Crippen molar-refractivity contribution in [3.8, 4) is 0 Å². The Hall–Kier alpha value is -0.570. The van der Waals surface area contributed by atoms with E-state index in [9.17, 15) is 4.79 Å². The Morgan fingerprint density at radius 2 is 2.07 bits per heavy atom. The van der Waals surface area contributed by atoms with E-state index >= 15 is 0 Å². The molecule has 2 rings (SSSR count). The van der Waals surface area contributed by atoms with Gasteiger partial charge < -0.3 is 10.1 Å². The van der Waals surface area contributed by atoms with Crippen molar-refractivity contribution in [3.63, 3.8) is 0 Å². The minimum absolute atomic E-state index is 0.0412. The molecule has 0 aromatic rings. The molecule has 3 unspecified atom stereocenters. The maximum Gasteiger partial charge on any atom is 0.323 e. The first-order valence-corrected chi connectivity index (χ1v) is 6.06. The van der Waals surface area contributed by atoms with Crippen molar-refractivity contribution in [2.75, 3.05) is 7.11 Å². The van der Waals surface area contributed by atoms with Crippen LogP contribution in [0.1, 0.15) is 39.0 Å². The van der Waals surface area contributed by atoms with Gasteiger partial charge >= 0.3 is 5.97 Å². The Morgan fingerprint density at radius 1 is 1.33 bits per heavy atom. The molecule has 2 fully saturated rings. The first-order valence-electron chi connectivity index (χ1n) is 6.06. The number of rotatable bonds is 4. The first kappa shape index (κ1) is 10.9. The number of nitrogens with one attached hydrogen (secondary N) is 1. The van der Waals surface area contributed by atoms with Gasteiger partial charge in [0.25, 0.3) is 0 Å². The number of esters is 1. The van der Waals surface area contributed by atoms with Crippen molar-refractivity contribution in [1.29, 1.82) is 0 Å². The highest BCUT2D eigenvalue weighted by atomic mass is 16.5. The lowest BCUT2D eigenvalue weighted by Crippen LogP contribution is -2.46. The molecule has 2 saturated carbocycles. The summed E-state index contributed by atoms with van der Waals surface area (Å²) in [4.78, 5) is 11.6. The van der Waals surface area contributed by atoms with Crippen LogP contribution in [0.4, 0.5) is 0 Å². The second-order valence-electron chi connectivity index (χ2n) is 5.02. The molecule has 0 bridgehead atoms. The van der Waals surface area contributed by atoms with E-state index in [1.165, 1.54) is 39.2 Å². The zero-order chi connectivity index (χ0) is 10.8. The van der Waals surface area contributed by atoms with E-state index in [1.54, 1.807) is 0 Å². The minimum atomic E-state index is -0.0726. The summed E-state index contributed by atoms with van der Waals surface area (Å²) in [6, 6.07) is 0.482. The highest BCUT2D eigenvalue weighted by molar-refractivity contribution is 5.76. The summed E-state index contributed by atoms with van der Waals surface area (Å²) in [6.45, 7) is 2.27. The van der Waals surface area contributed by atoms with Crippen molar-refractivity contribution >= 4 is 5.97 Å². The largest absolute Gasteiger partial charge is 0.468 e. The molecule has 0 aromatic carbocycles. The van der Waals surface area contributed by atoms with E-state index in [0.29, 0.717) is 17.9 Å². The van der Waals surface area contributed by atoms with Crippen molar-refractivity contribution < 1.29 is 9.53 Å². The van der Waals surface area contributed by atoms with Crippen LogP contribution in [0.2, 0.25) is 0 Å². The van der Waals surface area contributed by atoms with Gasteiger partial charge in [-0.15, -0.1) is 0 Å². The van der Waals surface area contributed by atoms with E-state index in [0.717, 1.165) is 0 Å². The highest BCUT2D eigenvalue weighted by Gasteiger charge is 2.39. The molecule has 2 aliphatic rings. The van der Waals surface area contributed by atoms with Crippen LogP contribution in [0.15, 0.2) is 0 Å². The van der Waals surface area contributed by atoms with Crippen LogP contribution < -0.4 is 5.32 Å². The Morgan fingerprint density at radius 3 is 2.53 bits per heavy atom. The second-order valence-corrected chi connectivity index (χ2v) is 5.02. The molecule has 3 heteroatoms. The summed E-state index contributed by atoms with van der Waals surface area (Å²) >= 11 is 0. The number of carbonyl (C=O) groups excluding carboxylic acids is 1. The molecule has 3 atom stereocenters. The topological polar surface area (TPSA) is 38.3 Å². The smallest absolute Gasteiger partial charge is 0.323 e. The summed E-state index contributed by atoms with van der Waals surface area (Å²) in [7, 11) is 1.48. The predicted molar refractivity (Wildman–Crippen MR) is 58.5 cm³/mol. The minimum Gasteiger partial charge on any atom is -0.468 e. The van der Waals surface area contributed by atoms with Crippen LogP contribution in [0.5, 0.6) is 0 Å². The monoisotopic (exact) mass is 211 g/mol. The van der Waals surface area contributed by atoms with Crippen LogP contribution in [0.25, 0.3) is 0 Å². The van der Waals surface area contributed by atoms with Gasteiger partial charge in [0.05, 0.1) is 7.11 Å². The molecule has 0 aliphatic heterocycles. The third-order valence-corrected chi connectivity index (χ3v) is 3.80. The quantitative estimate of drug-likeness (QED) is 0.719. The molecule has 0 amide bonds. The molecule has 0 saturated heterocycles. The zero-order valence-corrected chi connectivity index (χ0v) is 9.66. The number of hydrogen-bond acceptors (Lipinski definition) is 3. The summed E-state index contributed by atoms with van der Waals surface area (Å²) in [5.41, 5.74) is 0. The summed E-state index contributed by atoms with van der Waals surface area (Å²) in [6.07, 6.45) is 6.14. The van der Waals surface area contributed by atoms with Crippen molar-refractivity contribution in [2.45, 2.75) is 51.1 Å². The molecule has 0 heterocycles. The fraction of sp³-hybridized carbons (Fsp3) is 0.917. The van der Waals surface area contributed by atoms with Crippen LogP contribution in [0.3, 0.4) is 0 Å². The highest BCUT2D eigenvalue weighted by Crippen LogP contribution is 2.35. The predicted octanol–water partition coefficient (Wildman–Crippen LogP) is 1.72. The van der Waals surface area contributed by atoms with E-state index in [1.807, 2.05) is 0 Å². The van der Waals surface area contributed by atoms with E-state index in [-0.39, 0.29) is 12.0 Å². The van der Waals surface area contributed by atoms with Crippen LogP contribution in [-0.2, 0) is 9.53 Å². The van der Waals surface area contributed by atoms with Gasteiger partial charge in [-0.25, -0.2) is 0 Å². The maximum atomic E-state index is 11.6. The van der Waals surface area contributed by atoms with Crippen molar-refractivity contribution in [3.05, 3.63) is 0 Å². The van der Waals surface area contributed by atoms with Gasteiger partial charge in [0.2, 0.25) is 0 Å². The van der Waals surface area contributed by atoms with Gasteiger partial charge in [0, 0.05) is 6.04 Å². The third kappa shape index (κ3) is 2.51. The molecule has 0 radical (unpaired) electrons. The lowest BCUT2D eigenvalue weighted by atomic mass is 10.0. The summed E-state index contributed by atoms with van der Waals surface area (Å²) in [5, 5.41) is 3.50. The summed E-state index contributed by atoms with van der Waals surface area (Å²) < 4.78 is 4.86. The lowest BCUT2D eigenvalue weighted by Gasteiger charge is -2.23. The van der Waals surface area contributed by atoms with Gasteiger partial charge in [0.1, 0.15) is 6.04 Å². The Balaban J connectivity index is 1.91. The lowest BCUT2D eigenvalue weighted by molar-refractivity contribution is -0.144. The number of ether oxygens (including phenoxy) is 1. The standard InChI is InChI=1S/C12H21NO2/c1-8-4-3-5-10(8)13-11(9-6-7-9)12(14)15-2/h8-11,13H,3-7H2,1-2H3. The molecular formula is C12H21NO2. The van der Waals surface area contributed by atoms with Gasteiger partial charge in [-0.3, -0.25) is 4.79 Å². The Bertz CT molecular complexity index is 238. The fourth-order valence-electron chi connectivity index (χ4n) is 2.58. The van der Waals surface area contributed by atoms with Gasteiger partial charge in [-0.1, -0.05) is 13.3 Å². The Labute approximate surface area is 91.6 Å². The van der Waals surface area contributed by atoms with Crippen molar-refractivity contribution in [1.82, 2.24) is 5.32 Å². The average Bonchev–Trinajstić information content (AvgIpc) is 2.99. The van der Waals surface area contributed by atoms with Gasteiger partial charge in [-0.05, 0) is 37.5 Å². The molecule has 86 valence electrons. The molecule has 0 aromatic heterocycles. The van der Waals surface area contributed by atoms with Crippen LogP contribution >= 0.6 is 0 Å². The SMILES string of the molecule is COC(=O)C(NC1CCCC1C)C1CC1. The van der Waals surface area contributed by atoms with Crippen LogP contribution in [-0.4, -0.2) is 25.2 Å². The second kappa shape index (κ2) is 4.52. The number of carbonyl (C=O) groups is 1. The molecular weight excluding hydrogens is 190 g/mol. The zero-order valence-electron chi connectivity index (χ0n) is 9.66.